The molecule has 1 aromatic rings. The fraction of sp³-hybridized carbons (Fsp3) is 0.706. The van der Waals surface area contributed by atoms with Gasteiger partial charge in [0.2, 0.25) is 11.9 Å². The summed E-state index contributed by atoms with van der Waals surface area (Å²) in [6, 6.07) is -0.133. The number of aliphatic hydroxyl groups excluding tert-OH is 1. The van der Waals surface area contributed by atoms with Gasteiger partial charge in [0.25, 0.3) is 5.91 Å². The number of primary amides is 1. The molecule has 0 radical (unpaired) electrons. The summed E-state index contributed by atoms with van der Waals surface area (Å²) >= 11 is 0. The lowest BCUT2D eigenvalue weighted by Crippen LogP contribution is -2.33. The predicted molar refractivity (Wildman–Crippen MR) is 93.3 cm³/mol. The maximum atomic E-state index is 13.3. The highest BCUT2D eigenvalue weighted by Gasteiger charge is 2.35. The highest BCUT2D eigenvalue weighted by atomic mass is 19.3. The minimum absolute atomic E-state index is 0.00651. The molecular formula is C17H25F2N5O2. The standard InChI is InChI=1S/C17H25F2N5O2/c18-17(19)6-4-10(5-7-17)23-16-21-9-13(14(20)26)15(24-16)22-11-2-1-3-12(25)8-11/h9-12,25H,1-8H2,(H2,20,26)(H2,21,22,23,24). The summed E-state index contributed by atoms with van der Waals surface area (Å²) in [5.74, 6) is -2.64. The van der Waals surface area contributed by atoms with Crippen molar-refractivity contribution in [1.29, 1.82) is 0 Å². The number of nitrogens with two attached hydrogens (primary N) is 1. The minimum Gasteiger partial charge on any atom is -0.393 e. The molecule has 1 amide bonds. The third-order valence-corrected chi connectivity index (χ3v) is 5.09. The Bertz CT molecular complexity index is 648. The van der Waals surface area contributed by atoms with Gasteiger partial charge in [0.05, 0.1) is 11.7 Å². The predicted octanol–water partition coefficient (Wildman–Crippen LogP) is 2.28. The van der Waals surface area contributed by atoms with Gasteiger partial charge in [-0.25, -0.2) is 13.8 Å². The lowest BCUT2D eigenvalue weighted by molar-refractivity contribution is -0.0361. The summed E-state index contributed by atoms with van der Waals surface area (Å²) in [7, 11) is 0. The van der Waals surface area contributed by atoms with Crippen LogP contribution in [0.3, 0.4) is 0 Å². The molecule has 9 heteroatoms. The third kappa shape index (κ3) is 4.78. The van der Waals surface area contributed by atoms with Gasteiger partial charge in [0, 0.05) is 31.1 Å². The zero-order chi connectivity index (χ0) is 18.7. The smallest absolute Gasteiger partial charge is 0.254 e. The average molecular weight is 369 g/mol. The molecule has 0 aliphatic heterocycles. The van der Waals surface area contributed by atoms with Crippen LogP contribution in [0.4, 0.5) is 20.5 Å². The number of hydrogen-bond acceptors (Lipinski definition) is 6. The Morgan fingerprint density at radius 3 is 2.58 bits per heavy atom. The fourth-order valence-electron chi connectivity index (χ4n) is 3.60. The molecule has 2 aliphatic carbocycles. The van der Waals surface area contributed by atoms with E-state index in [0.29, 0.717) is 25.1 Å². The van der Waals surface area contributed by atoms with E-state index in [1.807, 2.05) is 0 Å². The lowest BCUT2D eigenvalue weighted by atomic mass is 9.92. The highest BCUT2D eigenvalue weighted by Crippen LogP contribution is 2.34. The van der Waals surface area contributed by atoms with E-state index in [4.69, 9.17) is 5.73 Å². The number of rotatable bonds is 5. The van der Waals surface area contributed by atoms with E-state index < -0.39 is 11.8 Å². The van der Waals surface area contributed by atoms with Gasteiger partial charge in [0.15, 0.2) is 0 Å². The molecule has 1 aromatic heterocycles. The number of carbonyl (C=O) groups excluding carboxylic acids is 1. The summed E-state index contributed by atoms with van der Waals surface area (Å²) in [4.78, 5) is 20.1. The van der Waals surface area contributed by atoms with Gasteiger partial charge in [-0.1, -0.05) is 0 Å². The van der Waals surface area contributed by atoms with Crippen LogP contribution in [-0.2, 0) is 0 Å². The van der Waals surface area contributed by atoms with Gasteiger partial charge in [-0.2, -0.15) is 4.98 Å². The quantitative estimate of drug-likeness (QED) is 0.633. The SMILES string of the molecule is NC(=O)c1cnc(NC2CCC(F)(F)CC2)nc1NC1CCCC(O)C1. The van der Waals surface area contributed by atoms with Crippen LogP contribution in [0.1, 0.15) is 61.7 Å². The molecule has 2 fully saturated rings. The van der Waals surface area contributed by atoms with E-state index in [1.54, 1.807) is 0 Å². The summed E-state index contributed by atoms with van der Waals surface area (Å²) in [6.07, 6.45) is 4.42. The molecule has 7 nitrogen and oxygen atoms in total. The van der Waals surface area contributed by atoms with Gasteiger partial charge in [-0.05, 0) is 38.5 Å². The molecule has 2 aliphatic rings. The normalized spacial score (nSPS) is 26.3. The van der Waals surface area contributed by atoms with Crippen LogP contribution in [0.15, 0.2) is 6.20 Å². The number of amides is 1. The molecule has 0 bridgehead atoms. The zero-order valence-electron chi connectivity index (χ0n) is 14.5. The van der Waals surface area contributed by atoms with Gasteiger partial charge in [-0.15, -0.1) is 0 Å². The Balaban J connectivity index is 1.70. The van der Waals surface area contributed by atoms with Crippen molar-refractivity contribution in [2.75, 3.05) is 10.6 Å². The number of nitrogens with zero attached hydrogens (tertiary/aromatic N) is 2. The van der Waals surface area contributed by atoms with Crippen LogP contribution in [-0.4, -0.2) is 45.1 Å². The van der Waals surface area contributed by atoms with E-state index >= 15 is 0 Å². The first kappa shape index (κ1) is 18.8. The van der Waals surface area contributed by atoms with Crippen molar-refractivity contribution in [3.8, 4) is 0 Å². The summed E-state index contributed by atoms with van der Waals surface area (Å²) < 4.78 is 26.5. The Morgan fingerprint density at radius 1 is 1.19 bits per heavy atom. The van der Waals surface area contributed by atoms with Gasteiger partial charge in [-0.3, -0.25) is 4.79 Å². The van der Waals surface area contributed by atoms with Crippen LogP contribution in [0.25, 0.3) is 0 Å². The Labute approximate surface area is 150 Å². The van der Waals surface area contributed by atoms with Gasteiger partial charge < -0.3 is 21.5 Å². The van der Waals surface area contributed by atoms with Crippen molar-refractivity contribution in [3.05, 3.63) is 11.8 Å². The second kappa shape index (κ2) is 7.69. The first-order valence-corrected chi connectivity index (χ1v) is 9.08. The largest absolute Gasteiger partial charge is 0.393 e. The van der Waals surface area contributed by atoms with Crippen molar-refractivity contribution in [2.24, 2.45) is 5.73 Å². The lowest BCUT2D eigenvalue weighted by Gasteiger charge is -2.29. The number of anilines is 2. The van der Waals surface area contributed by atoms with Crippen molar-refractivity contribution in [2.45, 2.75) is 75.5 Å². The number of hydrogen-bond donors (Lipinski definition) is 4. The van der Waals surface area contributed by atoms with Crippen molar-refractivity contribution >= 4 is 17.7 Å². The molecular weight excluding hydrogens is 344 g/mol. The van der Waals surface area contributed by atoms with E-state index in [2.05, 4.69) is 20.6 Å². The minimum atomic E-state index is -2.59. The highest BCUT2D eigenvalue weighted by molar-refractivity contribution is 5.97. The van der Waals surface area contributed by atoms with E-state index in [-0.39, 0.29) is 42.5 Å². The second-order valence-corrected chi connectivity index (χ2v) is 7.26. The number of carbonyl (C=O) groups is 1. The Hall–Kier alpha value is -2.03. The summed E-state index contributed by atoms with van der Waals surface area (Å²) in [6.45, 7) is 0. The molecule has 5 N–H and O–H groups in total. The van der Waals surface area contributed by atoms with Gasteiger partial charge >= 0.3 is 0 Å². The topological polar surface area (TPSA) is 113 Å². The number of alkyl halides is 2. The molecule has 26 heavy (non-hydrogen) atoms. The molecule has 2 saturated carbocycles. The molecule has 0 spiro atoms. The first-order valence-electron chi connectivity index (χ1n) is 9.08. The molecule has 0 aromatic carbocycles. The summed E-state index contributed by atoms with van der Waals surface area (Å²) in [5.41, 5.74) is 5.57. The van der Waals surface area contributed by atoms with Crippen LogP contribution in [0.5, 0.6) is 0 Å². The van der Waals surface area contributed by atoms with Crippen LogP contribution in [0.2, 0.25) is 0 Å². The zero-order valence-corrected chi connectivity index (χ0v) is 14.5. The molecule has 1 heterocycles. The third-order valence-electron chi connectivity index (χ3n) is 5.09. The maximum Gasteiger partial charge on any atom is 0.254 e. The average Bonchev–Trinajstić information content (AvgIpc) is 2.57. The van der Waals surface area contributed by atoms with Crippen molar-refractivity contribution in [3.63, 3.8) is 0 Å². The fourth-order valence-corrected chi connectivity index (χ4v) is 3.60. The van der Waals surface area contributed by atoms with Crippen LogP contribution >= 0.6 is 0 Å². The van der Waals surface area contributed by atoms with E-state index in [0.717, 1.165) is 19.3 Å². The molecule has 0 saturated heterocycles. The summed E-state index contributed by atoms with van der Waals surface area (Å²) in [5, 5.41) is 16.1. The second-order valence-electron chi connectivity index (χ2n) is 7.26. The monoisotopic (exact) mass is 369 g/mol. The molecule has 2 atom stereocenters. The van der Waals surface area contributed by atoms with Crippen molar-refractivity contribution in [1.82, 2.24) is 9.97 Å². The molecule has 2 unspecified atom stereocenters. The molecule has 3 rings (SSSR count). The van der Waals surface area contributed by atoms with Crippen LogP contribution < -0.4 is 16.4 Å². The van der Waals surface area contributed by atoms with Crippen molar-refractivity contribution < 1.29 is 18.7 Å². The number of aliphatic hydroxyl groups is 1. The maximum absolute atomic E-state index is 13.3. The first-order chi connectivity index (χ1) is 12.3. The van der Waals surface area contributed by atoms with E-state index in [9.17, 15) is 18.7 Å². The Kier molecular flexibility index (Phi) is 5.55. The number of aromatic nitrogens is 2. The molecule has 144 valence electrons. The number of nitrogens with one attached hydrogen (secondary N) is 2. The van der Waals surface area contributed by atoms with E-state index in [1.165, 1.54) is 6.20 Å². The van der Waals surface area contributed by atoms with Crippen LogP contribution in [0, 0.1) is 0 Å². The number of halogens is 2. The van der Waals surface area contributed by atoms with Gasteiger partial charge in [0.1, 0.15) is 5.82 Å². The Morgan fingerprint density at radius 2 is 1.92 bits per heavy atom.